The number of nitrogens with one attached hydrogen (secondary N) is 1. The zero-order chi connectivity index (χ0) is 14.8. The summed E-state index contributed by atoms with van der Waals surface area (Å²) in [7, 11) is 0. The van der Waals surface area contributed by atoms with Crippen molar-refractivity contribution >= 4 is 17.3 Å². The van der Waals surface area contributed by atoms with E-state index in [0.717, 1.165) is 36.6 Å². The number of carbonyl (C=O) groups excluding carboxylic acids is 1. The Bertz CT molecular complexity index is 496. The van der Waals surface area contributed by atoms with Gasteiger partial charge in [0.05, 0.1) is 0 Å². The Balaban J connectivity index is 1.81. The van der Waals surface area contributed by atoms with E-state index in [1.165, 1.54) is 6.42 Å². The van der Waals surface area contributed by atoms with Crippen molar-refractivity contribution in [2.24, 2.45) is 5.41 Å². The highest BCUT2D eigenvalue weighted by molar-refractivity contribution is 5.91. The van der Waals surface area contributed by atoms with Gasteiger partial charge in [-0.15, -0.1) is 0 Å². The first kappa shape index (κ1) is 14.9. The smallest absolute Gasteiger partial charge is 0.225 e. The van der Waals surface area contributed by atoms with Gasteiger partial charge in [0.25, 0.3) is 0 Å². The normalized spacial score (nSPS) is 18.1. The van der Waals surface area contributed by atoms with Crippen LogP contribution in [0.1, 0.15) is 32.3 Å². The number of amides is 1. The molecular weight excluding hydrogens is 250 g/mol. The minimum Gasteiger partial charge on any atom is -0.399 e. The van der Waals surface area contributed by atoms with Crippen LogP contribution in [0.15, 0.2) is 18.2 Å². The Labute approximate surface area is 121 Å². The average Bonchev–Trinajstić information content (AvgIpc) is 2.70. The van der Waals surface area contributed by atoms with Gasteiger partial charge in [-0.3, -0.25) is 4.79 Å². The maximum absolute atomic E-state index is 12.0. The van der Waals surface area contributed by atoms with Crippen LogP contribution in [0, 0.1) is 12.3 Å². The Morgan fingerprint density at radius 3 is 2.80 bits per heavy atom. The molecular formula is C16H25N3O. The average molecular weight is 275 g/mol. The summed E-state index contributed by atoms with van der Waals surface area (Å²) in [6.45, 7) is 9.54. The fourth-order valence-electron chi connectivity index (χ4n) is 2.71. The van der Waals surface area contributed by atoms with E-state index in [2.05, 4.69) is 24.1 Å². The minimum atomic E-state index is 0.0718. The highest BCUT2D eigenvalue weighted by atomic mass is 16.1. The summed E-state index contributed by atoms with van der Waals surface area (Å²) in [5, 5.41) is 2.96. The number of nitrogens with two attached hydrogens (primary N) is 1. The largest absolute Gasteiger partial charge is 0.399 e. The lowest BCUT2D eigenvalue weighted by atomic mass is 9.93. The third-order valence-electron chi connectivity index (χ3n) is 3.94. The van der Waals surface area contributed by atoms with E-state index in [-0.39, 0.29) is 5.91 Å². The van der Waals surface area contributed by atoms with Crippen LogP contribution in [0.2, 0.25) is 0 Å². The summed E-state index contributed by atoms with van der Waals surface area (Å²) in [4.78, 5) is 14.4. The number of nitrogens with zero attached hydrogens (tertiary/aromatic N) is 1. The second kappa shape index (κ2) is 5.83. The van der Waals surface area contributed by atoms with Gasteiger partial charge < -0.3 is 16.0 Å². The van der Waals surface area contributed by atoms with Gasteiger partial charge in [-0.05, 0) is 49.1 Å². The molecule has 1 saturated heterocycles. The van der Waals surface area contributed by atoms with Crippen molar-refractivity contribution in [1.29, 1.82) is 0 Å². The summed E-state index contributed by atoms with van der Waals surface area (Å²) in [5.74, 6) is 0.0718. The number of nitrogen functional groups attached to an aromatic ring is 1. The molecule has 1 fully saturated rings. The van der Waals surface area contributed by atoms with Gasteiger partial charge in [-0.2, -0.15) is 0 Å². The van der Waals surface area contributed by atoms with Crippen LogP contribution >= 0.6 is 0 Å². The molecule has 0 unspecified atom stereocenters. The zero-order valence-corrected chi connectivity index (χ0v) is 12.7. The van der Waals surface area contributed by atoms with E-state index in [9.17, 15) is 4.79 Å². The molecule has 1 aliphatic heterocycles. The van der Waals surface area contributed by atoms with Gasteiger partial charge in [0.2, 0.25) is 5.91 Å². The summed E-state index contributed by atoms with van der Waals surface area (Å²) < 4.78 is 0. The molecule has 0 saturated carbocycles. The molecule has 0 radical (unpaired) electrons. The lowest BCUT2D eigenvalue weighted by Gasteiger charge is -2.19. The van der Waals surface area contributed by atoms with Crippen molar-refractivity contribution in [1.82, 2.24) is 4.90 Å². The summed E-state index contributed by atoms with van der Waals surface area (Å²) >= 11 is 0. The predicted molar refractivity (Wildman–Crippen MR) is 83.7 cm³/mol. The van der Waals surface area contributed by atoms with Gasteiger partial charge in [-0.1, -0.05) is 13.8 Å². The van der Waals surface area contributed by atoms with Gasteiger partial charge in [-0.25, -0.2) is 0 Å². The van der Waals surface area contributed by atoms with Gasteiger partial charge >= 0.3 is 0 Å². The molecule has 0 aromatic heterocycles. The van der Waals surface area contributed by atoms with E-state index in [4.69, 9.17) is 5.73 Å². The molecule has 2 rings (SSSR count). The van der Waals surface area contributed by atoms with Crippen LogP contribution in [-0.2, 0) is 4.79 Å². The zero-order valence-electron chi connectivity index (χ0n) is 12.7. The molecule has 1 aliphatic rings. The predicted octanol–water partition coefficient (Wildman–Crippen LogP) is 2.64. The molecule has 3 N–H and O–H groups in total. The topological polar surface area (TPSA) is 58.4 Å². The minimum absolute atomic E-state index is 0.0718. The van der Waals surface area contributed by atoms with Crippen molar-refractivity contribution < 1.29 is 4.79 Å². The van der Waals surface area contributed by atoms with E-state index in [0.29, 0.717) is 11.8 Å². The lowest BCUT2D eigenvalue weighted by Crippen LogP contribution is -2.27. The highest BCUT2D eigenvalue weighted by Gasteiger charge is 2.28. The molecule has 110 valence electrons. The monoisotopic (exact) mass is 275 g/mol. The summed E-state index contributed by atoms with van der Waals surface area (Å²) in [5.41, 5.74) is 8.67. The first-order valence-electron chi connectivity index (χ1n) is 7.24. The number of benzene rings is 1. The number of hydrogen-bond acceptors (Lipinski definition) is 3. The van der Waals surface area contributed by atoms with Gasteiger partial charge in [0.1, 0.15) is 0 Å². The van der Waals surface area contributed by atoms with Crippen LogP contribution in [0.25, 0.3) is 0 Å². The van der Waals surface area contributed by atoms with E-state index < -0.39 is 0 Å². The molecule has 4 nitrogen and oxygen atoms in total. The first-order chi connectivity index (χ1) is 9.35. The summed E-state index contributed by atoms with van der Waals surface area (Å²) in [6, 6.07) is 5.55. The quantitative estimate of drug-likeness (QED) is 0.831. The molecule has 1 amide bonds. The molecule has 0 spiro atoms. The third kappa shape index (κ3) is 3.97. The molecule has 0 bridgehead atoms. The maximum Gasteiger partial charge on any atom is 0.225 e. The number of likely N-dealkylation sites (tertiary alicyclic amines) is 1. The second-order valence-corrected chi connectivity index (χ2v) is 6.56. The standard InChI is InChI=1S/C16H25N3O/c1-12-10-13(17)4-5-14(12)18-15(20)6-8-19-9-7-16(2,3)11-19/h4-5,10H,6-9,11,17H2,1-3H3,(H,18,20). The van der Waals surface area contributed by atoms with Crippen LogP contribution in [0.4, 0.5) is 11.4 Å². The van der Waals surface area contributed by atoms with E-state index >= 15 is 0 Å². The molecule has 4 heteroatoms. The molecule has 1 aromatic rings. The first-order valence-corrected chi connectivity index (χ1v) is 7.24. The molecule has 1 heterocycles. The van der Waals surface area contributed by atoms with E-state index in [1.807, 2.05) is 25.1 Å². The van der Waals surface area contributed by atoms with Crippen LogP contribution in [0.5, 0.6) is 0 Å². The number of anilines is 2. The van der Waals surface area contributed by atoms with Crippen molar-refractivity contribution in [3.63, 3.8) is 0 Å². The van der Waals surface area contributed by atoms with Gasteiger partial charge in [0.15, 0.2) is 0 Å². The van der Waals surface area contributed by atoms with Crippen LogP contribution < -0.4 is 11.1 Å². The number of rotatable bonds is 4. The Morgan fingerprint density at radius 2 is 2.20 bits per heavy atom. The number of carbonyl (C=O) groups is 1. The van der Waals surface area contributed by atoms with Crippen molar-refractivity contribution in [3.05, 3.63) is 23.8 Å². The van der Waals surface area contributed by atoms with Crippen molar-refractivity contribution in [2.75, 3.05) is 30.7 Å². The highest BCUT2D eigenvalue weighted by Crippen LogP contribution is 2.28. The molecule has 0 aliphatic carbocycles. The van der Waals surface area contributed by atoms with Crippen LogP contribution in [-0.4, -0.2) is 30.4 Å². The van der Waals surface area contributed by atoms with Crippen molar-refractivity contribution in [2.45, 2.75) is 33.6 Å². The number of aryl methyl sites for hydroxylation is 1. The molecule has 1 aromatic carbocycles. The van der Waals surface area contributed by atoms with Crippen LogP contribution in [0.3, 0.4) is 0 Å². The molecule has 0 atom stereocenters. The van der Waals surface area contributed by atoms with Gasteiger partial charge in [0, 0.05) is 30.9 Å². The third-order valence-corrected chi connectivity index (χ3v) is 3.94. The summed E-state index contributed by atoms with van der Waals surface area (Å²) in [6.07, 6.45) is 1.76. The number of hydrogen-bond donors (Lipinski definition) is 2. The Hall–Kier alpha value is -1.55. The second-order valence-electron chi connectivity index (χ2n) is 6.56. The SMILES string of the molecule is Cc1cc(N)ccc1NC(=O)CCN1CCC(C)(C)C1. The Kier molecular flexibility index (Phi) is 4.33. The van der Waals surface area contributed by atoms with Crippen molar-refractivity contribution in [3.8, 4) is 0 Å². The molecule has 20 heavy (non-hydrogen) atoms. The fraction of sp³-hybridized carbons (Fsp3) is 0.562. The van der Waals surface area contributed by atoms with E-state index in [1.54, 1.807) is 0 Å². The Morgan fingerprint density at radius 1 is 1.45 bits per heavy atom. The fourth-order valence-corrected chi connectivity index (χ4v) is 2.71. The lowest BCUT2D eigenvalue weighted by molar-refractivity contribution is -0.116. The maximum atomic E-state index is 12.0.